The molecule has 0 radical (unpaired) electrons. The molecule has 0 saturated heterocycles. The lowest BCUT2D eigenvalue weighted by Crippen LogP contribution is -3.00. The molecule has 0 aliphatic carbocycles. The van der Waals surface area contributed by atoms with Crippen molar-refractivity contribution in [2.24, 2.45) is 0 Å². The number of ether oxygens (including phenoxy) is 2. The van der Waals surface area contributed by atoms with E-state index in [1.165, 1.54) is 70.8 Å². The molecular weight excluding hydrogens is 839 g/mol. The molecule has 3 nitrogen and oxygen atoms in total. The first-order valence-electron chi connectivity index (χ1n) is 21.5. The van der Waals surface area contributed by atoms with E-state index in [-0.39, 0.29) is 31.1 Å². The zero-order chi connectivity index (χ0) is 42.0. The summed E-state index contributed by atoms with van der Waals surface area (Å²) in [5, 5.41) is 8.15. The van der Waals surface area contributed by atoms with Gasteiger partial charge in [0, 0.05) is 17.5 Å². The Bertz CT molecular complexity index is 2350. The van der Waals surface area contributed by atoms with Crippen molar-refractivity contribution in [1.29, 1.82) is 0 Å². The standard InChI is InChI=1S/C55H59NO2P2.2ClH/c1-9-10-54-57-35-51-52(36-59(45-23-11-38(2)12-24-45,46-25-13-39(3)14-26-46)47-27-15-40(4)16-28-47)53(56-44(8)55(51)58-54)37-60(48-29-17-41(5)18-30-48,49-31-19-42(6)20-32-49)50-33-21-43(7)22-34-50;;/h11-34,54H,9-10,35-37H2,1-8H3;2*1H/q+2;;/p-2. The Labute approximate surface area is 384 Å². The summed E-state index contributed by atoms with van der Waals surface area (Å²) in [6.45, 7) is 17.9. The van der Waals surface area contributed by atoms with Gasteiger partial charge in [-0.05, 0) is 121 Å². The van der Waals surface area contributed by atoms with Crippen LogP contribution in [0.2, 0.25) is 0 Å². The van der Waals surface area contributed by atoms with E-state index in [1.807, 2.05) is 0 Å². The van der Waals surface area contributed by atoms with Crippen molar-refractivity contribution in [3.05, 3.63) is 201 Å². The minimum absolute atomic E-state index is 0. The van der Waals surface area contributed by atoms with Crippen LogP contribution in [0.4, 0.5) is 0 Å². The number of hydrogen-bond acceptors (Lipinski definition) is 3. The van der Waals surface area contributed by atoms with Crippen molar-refractivity contribution in [2.45, 2.75) is 93.5 Å². The van der Waals surface area contributed by atoms with Crippen molar-refractivity contribution < 1.29 is 34.3 Å². The van der Waals surface area contributed by atoms with Crippen LogP contribution in [0.25, 0.3) is 0 Å². The minimum Gasteiger partial charge on any atom is -1.00 e. The third kappa shape index (κ3) is 9.31. The largest absolute Gasteiger partial charge is 1.00 e. The third-order valence-electron chi connectivity index (χ3n) is 12.4. The molecule has 1 aromatic heterocycles. The molecular formula is C55H59Cl2NO2P2. The molecule has 62 heavy (non-hydrogen) atoms. The fourth-order valence-corrected chi connectivity index (χ4v) is 17.3. The van der Waals surface area contributed by atoms with Gasteiger partial charge in [-0.15, -0.1) is 0 Å². The van der Waals surface area contributed by atoms with Crippen LogP contribution in [0, 0.1) is 48.5 Å². The van der Waals surface area contributed by atoms with Gasteiger partial charge < -0.3 is 34.3 Å². The summed E-state index contributed by atoms with van der Waals surface area (Å²) in [4.78, 5) is 5.77. The first-order valence-corrected chi connectivity index (χ1v) is 25.4. The van der Waals surface area contributed by atoms with E-state index in [0.29, 0.717) is 6.61 Å². The molecule has 2 heterocycles. The van der Waals surface area contributed by atoms with Crippen molar-refractivity contribution >= 4 is 46.4 Å². The van der Waals surface area contributed by atoms with Gasteiger partial charge in [0.25, 0.3) is 0 Å². The fourth-order valence-electron chi connectivity index (χ4n) is 8.90. The molecule has 1 atom stereocenters. The number of pyridine rings is 1. The zero-order valence-electron chi connectivity index (χ0n) is 37.4. The van der Waals surface area contributed by atoms with Gasteiger partial charge >= 0.3 is 0 Å². The second-order valence-electron chi connectivity index (χ2n) is 17.0. The van der Waals surface area contributed by atoms with Crippen molar-refractivity contribution in [3.8, 4) is 5.75 Å². The minimum atomic E-state index is -2.39. The average molecular weight is 899 g/mol. The topological polar surface area (TPSA) is 31.4 Å². The Balaban J connectivity index is 0.00000321. The summed E-state index contributed by atoms with van der Waals surface area (Å²) in [5.74, 6) is 0.901. The van der Waals surface area contributed by atoms with E-state index in [0.717, 1.165) is 47.9 Å². The van der Waals surface area contributed by atoms with Crippen LogP contribution in [0.15, 0.2) is 146 Å². The monoisotopic (exact) mass is 897 g/mol. The maximum atomic E-state index is 6.84. The maximum absolute atomic E-state index is 6.84. The van der Waals surface area contributed by atoms with E-state index in [4.69, 9.17) is 14.5 Å². The van der Waals surface area contributed by atoms with Gasteiger partial charge in [0.05, 0.1) is 18.0 Å². The highest BCUT2D eigenvalue weighted by Crippen LogP contribution is 2.63. The van der Waals surface area contributed by atoms with Gasteiger partial charge in [-0.2, -0.15) is 0 Å². The number of hydrogen-bond donors (Lipinski definition) is 0. The highest BCUT2D eigenvalue weighted by Gasteiger charge is 2.51. The highest BCUT2D eigenvalue weighted by atomic mass is 35.5. The molecule has 0 amide bonds. The summed E-state index contributed by atoms with van der Waals surface area (Å²) in [6.07, 6.45) is 3.09. The van der Waals surface area contributed by atoms with E-state index >= 15 is 0 Å². The lowest BCUT2D eigenvalue weighted by molar-refractivity contribution is -0.112. The number of aryl methyl sites for hydroxylation is 7. The predicted octanol–water partition coefficient (Wildman–Crippen LogP) is 5.27. The number of nitrogens with zero attached hydrogens (tertiary/aromatic N) is 1. The molecule has 0 fully saturated rings. The first-order chi connectivity index (χ1) is 29.0. The smallest absolute Gasteiger partial charge is 0.200 e. The Morgan fingerprint density at radius 2 is 0.774 bits per heavy atom. The summed E-state index contributed by atoms with van der Waals surface area (Å²) < 4.78 is 13.5. The maximum Gasteiger partial charge on any atom is 0.200 e. The van der Waals surface area contributed by atoms with Gasteiger partial charge in [-0.3, -0.25) is 0 Å². The number of halogens is 2. The summed E-state index contributed by atoms with van der Waals surface area (Å²) in [5.41, 5.74) is 12.0. The van der Waals surface area contributed by atoms with Crippen LogP contribution in [0.5, 0.6) is 5.75 Å². The lowest BCUT2D eigenvalue weighted by atomic mass is 10.0. The molecule has 320 valence electrons. The SMILES string of the molecule is CCCC1OCc2c(C[P+](c3ccc(C)cc3)(c3ccc(C)cc3)c3ccc(C)cc3)c(C[P+](c3ccc(C)cc3)(c3ccc(C)cc3)c3ccc(C)cc3)nc(C)c2O1.[Cl-].[Cl-]. The molecule has 0 N–H and O–H groups in total. The Morgan fingerprint density at radius 1 is 0.468 bits per heavy atom. The van der Waals surface area contributed by atoms with Crippen molar-refractivity contribution in [1.82, 2.24) is 4.98 Å². The molecule has 0 spiro atoms. The van der Waals surface area contributed by atoms with E-state index in [1.54, 1.807) is 0 Å². The normalized spacial score (nSPS) is 13.6. The lowest BCUT2D eigenvalue weighted by Gasteiger charge is -2.34. The van der Waals surface area contributed by atoms with Gasteiger partial charge in [0.2, 0.25) is 0 Å². The summed E-state index contributed by atoms with van der Waals surface area (Å²) >= 11 is 0. The molecule has 1 aliphatic rings. The molecule has 6 aromatic carbocycles. The van der Waals surface area contributed by atoms with Gasteiger partial charge in [0.15, 0.2) is 6.29 Å². The number of aromatic nitrogens is 1. The van der Waals surface area contributed by atoms with Crippen LogP contribution < -0.4 is 61.4 Å². The predicted molar refractivity (Wildman–Crippen MR) is 259 cm³/mol. The molecule has 7 aromatic rings. The van der Waals surface area contributed by atoms with E-state index in [9.17, 15) is 0 Å². The third-order valence-corrected chi connectivity index (χ3v) is 21.1. The second kappa shape index (κ2) is 20.0. The Morgan fingerprint density at radius 3 is 1.08 bits per heavy atom. The second-order valence-corrected chi connectivity index (χ2v) is 24.0. The van der Waals surface area contributed by atoms with Crippen LogP contribution in [-0.4, -0.2) is 11.3 Å². The summed E-state index contributed by atoms with van der Waals surface area (Å²) in [7, 11) is -4.76. The van der Waals surface area contributed by atoms with Crippen LogP contribution in [0.1, 0.15) is 75.7 Å². The first kappa shape index (κ1) is 47.2. The van der Waals surface area contributed by atoms with Crippen molar-refractivity contribution in [2.75, 3.05) is 0 Å². The van der Waals surface area contributed by atoms with Crippen LogP contribution >= 0.6 is 14.5 Å². The quantitative estimate of drug-likeness (QED) is 0.157. The van der Waals surface area contributed by atoms with Crippen LogP contribution in [-0.2, 0) is 23.7 Å². The molecule has 8 rings (SSSR count). The fraction of sp³-hybridized carbons (Fsp3) is 0.255. The zero-order valence-corrected chi connectivity index (χ0v) is 40.7. The average Bonchev–Trinajstić information content (AvgIpc) is 3.25. The molecule has 1 aliphatic heterocycles. The molecule has 0 saturated carbocycles. The van der Waals surface area contributed by atoms with E-state index in [2.05, 4.69) is 201 Å². The molecule has 0 bridgehead atoms. The molecule has 1 unspecified atom stereocenters. The van der Waals surface area contributed by atoms with Gasteiger partial charge in [-0.25, -0.2) is 4.98 Å². The summed E-state index contributed by atoms with van der Waals surface area (Å²) in [6, 6.07) is 56.2. The number of benzene rings is 6. The van der Waals surface area contributed by atoms with Gasteiger partial charge in [0.1, 0.15) is 64.4 Å². The number of fused-ring (bicyclic) bond motifs is 1. The van der Waals surface area contributed by atoms with Crippen molar-refractivity contribution in [3.63, 3.8) is 0 Å². The number of rotatable bonds is 12. The Hall–Kier alpha value is -4.33. The molecule has 7 heteroatoms. The van der Waals surface area contributed by atoms with Crippen LogP contribution in [0.3, 0.4) is 0 Å². The Kier molecular flexibility index (Phi) is 15.2. The highest BCUT2D eigenvalue weighted by molar-refractivity contribution is 7.95. The van der Waals surface area contributed by atoms with E-state index < -0.39 is 14.5 Å². The van der Waals surface area contributed by atoms with Gasteiger partial charge in [-0.1, -0.05) is 120 Å².